The van der Waals surface area contributed by atoms with Gasteiger partial charge in [0.15, 0.2) is 0 Å². The monoisotopic (exact) mass is 251 g/mol. The first kappa shape index (κ1) is 13.4. The minimum Gasteiger partial charge on any atom is -0.389 e. The molecule has 0 aliphatic heterocycles. The van der Waals surface area contributed by atoms with Gasteiger partial charge in [-0.15, -0.1) is 0 Å². The van der Waals surface area contributed by atoms with E-state index in [1.54, 1.807) is 24.3 Å². The van der Waals surface area contributed by atoms with Crippen LogP contribution >= 0.6 is 12.2 Å². The lowest BCUT2D eigenvalue weighted by Crippen LogP contribution is -2.29. The third-order valence-corrected chi connectivity index (χ3v) is 2.48. The fourth-order valence-corrected chi connectivity index (χ4v) is 1.41. The highest BCUT2D eigenvalue weighted by molar-refractivity contribution is 7.80. The molecule has 1 aromatic rings. The lowest BCUT2D eigenvalue weighted by atomic mass is 10.2. The Morgan fingerprint density at radius 2 is 2.00 bits per heavy atom. The zero-order chi connectivity index (χ0) is 12.7. The molecule has 2 amide bonds. The molecule has 0 spiro atoms. The third-order valence-electron chi connectivity index (χ3n) is 2.24. The molecular formula is C12H17N3OS. The van der Waals surface area contributed by atoms with Crippen LogP contribution in [0.25, 0.3) is 0 Å². The number of carbonyl (C=O) groups is 1. The molecule has 0 aromatic heterocycles. The maximum absolute atomic E-state index is 11.4. The van der Waals surface area contributed by atoms with Crippen molar-refractivity contribution in [1.82, 2.24) is 5.32 Å². The Balaban J connectivity index is 2.46. The van der Waals surface area contributed by atoms with Crippen LogP contribution in [-0.4, -0.2) is 17.6 Å². The van der Waals surface area contributed by atoms with Gasteiger partial charge in [-0.25, -0.2) is 4.79 Å². The number of anilines is 1. The van der Waals surface area contributed by atoms with Gasteiger partial charge in [0, 0.05) is 17.8 Å². The van der Waals surface area contributed by atoms with E-state index in [4.69, 9.17) is 18.0 Å². The molecule has 4 nitrogen and oxygen atoms in total. The standard InChI is InChI=1S/C12H17N3OS/c1-2-3-8-14-12(16)15-10-6-4-9(5-7-10)11(13)17/h4-7H,2-3,8H2,1H3,(H2,13,17)(H2,14,15,16). The number of benzene rings is 1. The van der Waals surface area contributed by atoms with Crippen molar-refractivity contribution < 1.29 is 4.79 Å². The van der Waals surface area contributed by atoms with Crippen molar-refractivity contribution in [1.29, 1.82) is 0 Å². The summed E-state index contributed by atoms with van der Waals surface area (Å²) in [5.41, 5.74) is 6.99. The second-order valence-electron chi connectivity index (χ2n) is 3.68. The quantitative estimate of drug-likeness (QED) is 0.555. The molecule has 0 fully saturated rings. The molecule has 4 N–H and O–H groups in total. The van der Waals surface area contributed by atoms with Gasteiger partial charge in [-0.2, -0.15) is 0 Å². The summed E-state index contributed by atoms with van der Waals surface area (Å²) in [5.74, 6) is 0. The summed E-state index contributed by atoms with van der Waals surface area (Å²) in [6.45, 7) is 2.77. The van der Waals surface area contributed by atoms with E-state index in [1.165, 1.54) is 0 Å². The Bertz CT molecular complexity index is 389. The number of amides is 2. The molecule has 0 aliphatic rings. The first-order valence-corrected chi connectivity index (χ1v) is 5.99. The van der Waals surface area contributed by atoms with E-state index in [2.05, 4.69) is 17.6 Å². The first-order valence-electron chi connectivity index (χ1n) is 5.58. The van der Waals surface area contributed by atoms with Gasteiger partial charge >= 0.3 is 6.03 Å². The largest absolute Gasteiger partial charge is 0.389 e. The Kier molecular flexibility index (Phi) is 5.42. The molecule has 92 valence electrons. The van der Waals surface area contributed by atoms with Crippen molar-refractivity contribution in [3.63, 3.8) is 0 Å². The molecule has 17 heavy (non-hydrogen) atoms. The fourth-order valence-electron chi connectivity index (χ4n) is 1.27. The van der Waals surface area contributed by atoms with Gasteiger partial charge in [0.2, 0.25) is 0 Å². The molecule has 0 heterocycles. The average Bonchev–Trinajstić information content (AvgIpc) is 2.30. The Morgan fingerprint density at radius 1 is 1.35 bits per heavy atom. The van der Waals surface area contributed by atoms with Crippen molar-refractivity contribution in [2.24, 2.45) is 5.73 Å². The molecule has 0 unspecified atom stereocenters. The van der Waals surface area contributed by atoms with Crippen LogP contribution in [0.2, 0.25) is 0 Å². The molecule has 1 rings (SSSR count). The lowest BCUT2D eigenvalue weighted by Gasteiger charge is -2.07. The minimum atomic E-state index is -0.193. The SMILES string of the molecule is CCCCNC(=O)Nc1ccc(C(N)=S)cc1. The van der Waals surface area contributed by atoms with Gasteiger partial charge in [0.05, 0.1) is 0 Å². The van der Waals surface area contributed by atoms with E-state index in [-0.39, 0.29) is 6.03 Å². The van der Waals surface area contributed by atoms with Crippen LogP contribution in [0.5, 0.6) is 0 Å². The van der Waals surface area contributed by atoms with Crippen molar-refractivity contribution >= 4 is 28.9 Å². The number of nitrogens with two attached hydrogens (primary N) is 1. The van der Waals surface area contributed by atoms with E-state index in [0.29, 0.717) is 11.5 Å². The zero-order valence-electron chi connectivity index (χ0n) is 9.82. The summed E-state index contributed by atoms with van der Waals surface area (Å²) in [6, 6.07) is 6.91. The number of hydrogen-bond acceptors (Lipinski definition) is 2. The van der Waals surface area contributed by atoms with Crippen LogP contribution in [0, 0.1) is 0 Å². The summed E-state index contributed by atoms with van der Waals surface area (Å²) >= 11 is 4.84. The molecule has 0 atom stereocenters. The van der Waals surface area contributed by atoms with Crippen LogP contribution in [-0.2, 0) is 0 Å². The summed E-state index contributed by atoms with van der Waals surface area (Å²) in [6.07, 6.45) is 2.04. The highest BCUT2D eigenvalue weighted by Gasteiger charge is 2.01. The highest BCUT2D eigenvalue weighted by atomic mass is 32.1. The second kappa shape index (κ2) is 6.85. The predicted molar refractivity (Wildman–Crippen MR) is 74.3 cm³/mol. The summed E-state index contributed by atoms with van der Waals surface area (Å²) in [5, 5.41) is 5.50. The number of rotatable bonds is 5. The van der Waals surface area contributed by atoms with Gasteiger partial charge in [0.25, 0.3) is 0 Å². The van der Waals surface area contributed by atoms with Gasteiger partial charge in [-0.05, 0) is 30.7 Å². The van der Waals surface area contributed by atoms with Crippen molar-refractivity contribution in [3.8, 4) is 0 Å². The van der Waals surface area contributed by atoms with E-state index in [9.17, 15) is 4.79 Å². The topological polar surface area (TPSA) is 67.2 Å². The summed E-state index contributed by atoms with van der Waals surface area (Å²) < 4.78 is 0. The van der Waals surface area contributed by atoms with Crippen LogP contribution < -0.4 is 16.4 Å². The van der Waals surface area contributed by atoms with Crippen molar-refractivity contribution in [2.45, 2.75) is 19.8 Å². The highest BCUT2D eigenvalue weighted by Crippen LogP contribution is 2.09. The number of thiocarbonyl (C=S) groups is 1. The molecule has 0 saturated heterocycles. The van der Waals surface area contributed by atoms with E-state index < -0.39 is 0 Å². The zero-order valence-corrected chi connectivity index (χ0v) is 10.6. The number of hydrogen-bond donors (Lipinski definition) is 3. The molecule has 5 heteroatoms. The average molecular weight is 251 g/mol. The van der Waals surface area contributed by atoms with Crippen LogP contribution in [0.4, 0.5) is 10.5 Å². The third kappa shape index (κ3) is 4.82. The maximum atomic E-state index is 11.4. The van der Waals surface area contributed by atoms with Crippen molar-refractivity contribution in [2.75, 3.05) is 11.9 Å². The smallest absolute Gasteiger partial charge is 0.319 e. The first-order chi connectivity index (χ1) is 8.13. The van der Waals surface area contributed by atoms with Gasteiger partial charge < -0.3 is 16.4 Å². The minimum absolute atomic E-state index is 0.193. The number of unbranched alkanes of at least 4 members (excludes halogenated alkanes) is 1. The second-order valence-corrected chi connectivity index (χ2v) is 4.12. The summed E-state index contributed by atoms with van der Waals surface area (Å²) in [4.78, 5) is 11.8. The van der Waals surface area contributed by atoms with Gasteiger partial charge in [0.1, 0.15) is 4.99 Å². The van der Waals surface area contributed by atoms with Crippen molar-refractivity contribution in [3.05, 3.63) is 29.8 Å². The predicted octanol–water partition coefficient (Wildman–Crippen LogP) is 2.24. The Labute approximate surface area is 107 Å². The summed E-state index contributed by atoms with van der Waals surface area (Å²) in [7, 11) is 0. The number of urea groups is 1. The normalized spacial score (nSPS) is 9.71. The lowest BCUT2D eigenvalue weighted by molar-refractivity contribution is 0.252. The van der Waals surface area contributed by atoms with E-state index in [1.807, 2.05) is 0 Å². The number of nitrogens with one attached hydrogen (secondary N) is 2. The van der Waals surface area contributed by atoms with Crippen LogP contribution in [0.1, 0.15) is 25.3 Å². The van der Waals surface area contributed by atoms with Gasteiger partial charge in [-0.1, -0.05) is 25.6 Å². The molecule has 1 aromatic carbocycles. The fraction of sp³-hybridized carbons (Fsp3) is 0.333. The Morgan fingerprint density at radius 3 is 2.53 bits per heavy atom. The van der Waals surface area contributed by atoms with Gasteiger partial charge in [-0.3, -0.25) is 0 Å². The molecule has 0 radical (unpaired) electrons. The molecule has 0 bridgehead atoms. The van der Waals surface area contributed by atoms with Crippen LogP contribution in [0.15, 0.2) is 24.3 Å². The van der Waals surface area contributed by atoms with E-state index >= 15 is 0 Å². The molecule has 0 saturated carbocycles. The Hall–Kier alpha value is -1.62. The van der Waals surface area contributed by atoms with Crippen LogP contribution in [0.3, 0.4) is 0 Å². The van der Waals surface area contributed by atoms with E-state index in [0.717, 1.165) is 24.1 Å². The maximum Gasteiger partial charge on any atom is 0.319 e. The molecule has 0 aliphatic carbocycles. The molecular weight excluding hydrogens is 234 g/mol. The number of carbonyl (C=O) groups excluding carboxylic acids is 1.